The molecule has 1 amide bonds. The van der Waals surface area contributed by atoms with Gasteiger partial charge < -0.3 is 10.6 Å². The van der Waals surface area contributed by atoms with Gasteiger partial charge in [-0.15, -0.1) is 12.4 Å². The first-order chi connectivity index (χ1) is 10.7. The molecule has 1 fully saturated rings. The summed E-state index contributed by atoms with van der Waals surface area (Å²) in [6.45, 7) is 10.9. The summed E-state index contributed by atoms with van der Waals surface area (Å²) in [5.41, 5.74) is 1.27. The van der Waals surface area contributed by atoms with Crippen molar-refractivity contribution in [1.29, 1.82) is 0 Å². The Hall–Kier alpha value is -1.10. The van der Waals surface area contributed by atoms with Gasteiger partial charge in [0.1, 0.15) is 0 Å². The Labute approximate surface area is 146 Å². The molecule has 0 aromatic heterocycles. The van der Waals surface area contributed by atoms with Gasteiger partial charge in [0.25, 0.3) is 0 Å². The molecule has 5 heteroatoms. The topological polar surface area (TPSA) is 44.4 Å². The molecule has 1 aromatic rings. The van der Waals surface area contributed by atoms with Crippen molar-refractivity contribution >= 4 is 18.3 Å². The summed E-state index contributed by atoms with van der Waals surface area (Å²) >= 11 is 0. The van der Waals surface area contributed by atoms with E-state index in [1.165, 1.54) is 5.56 Å². The Morgan fingerprint density at radius 2 is 1.91 bits per heavy atom. The van der Waals surface area contributed by atoms with Crippen LogP contribution in [0.1, 0.15) is 32.4 Å². The summed E-state index contributed by atoms with van der Waals surface area (Å²) in [5.74, 6) is 0.711. The lowest BCUT2D eigenvalue weighted by atomic mass is 9.97. The minimum atomic E-state index is 0. The molecule has 0 bridgehead atoms. The first-order valence-electron chi connectivity index (χ1n) is 8.44. The molecule has 4 nitrogen and oxygen atoms in total. The quantitative estimate of drug-likeness (QED) is 0.802. The number of benzene rings is 1. The maximum absolute atomic E-state index is 12.4. The second kappa shape index (κ2) is 9.91. The standard InChI is InChI=1S/C18H29N3O.ClH/c1-4-21(5-2)17(15-9-7-6-8-10-15)13-20-18(22)16-12-19-11-14(16)3;/h6-10,14,16-17,19H,4-5,11-13H2,1-3H3,(H,20,22);1H/t14-,16-,17?;/m1./s1. The van der Waals surface area contributed by atoms with Crippen LogP contribution in [-0.4, -0.2) is 43.5 Å². The minimum Gasteiger partial charge on any atom is -0.354 e. The van der Waals surface area contributed by atoms with E-state index in [0.717, 1.165) is 26.2 Å². The van der Waals surface area contributed by atoms with E-state index < -0.39 is 0 Å². The number of rotatable bonds is 7. The van der Waals surface area contributed by atoms with E-state index in [1.54, 1.807) is 0 Å². The highest BCUT2D eigenvalue weighted by Crippen LogP contribution is 2.21. The first-order valence-corrected chi connectivity index (χ1v) is 8.44. The van der Waals surface area contributed by atoms with E-state index in [0.29, 0.717) is 12.5 Å². The van der Waals surface area contributed by atoms with Crippen molar-refractivity contribution in [3.05, 3.63) is 35.9 Å². The Morgan fingerprint density at radius 3 is 2.43 bits per heavy atom. The van der Waals surface area contributed by atoms with Crippen LogP contribution in [0.2, 0.25) is 0 Å². The monoisotopic (exact) mass is 339 g/mol. The van der Waals surface area contributed by atoms with Gasteiger partial charge in [-0.3, -0.25) is 9.69 Å². The molecule has 2 N–H and O–H groups in total. The summed E-state index contributed by atoms with van der Waals surface area (Å²) in [7, 11) is 0. The van der Waals surface area contributed by atoms with Crippen molar-refractivity contribution in [2.24, 2.45) is 11.8 Å². The fourth-order valence-electron chi connectivity index (χ4n) is 3.29. The predicted molar refractivity (Wildman–Crippen MR) is 97.9 cm³/mol. The number of carbonyl (C=O) groups excluding carboxylic acids is 1. The van der Waals surface area contributed by atoms with Crippen molar-refractivity contribution in [3.63, 3.8) is 0 Å². The SMILES string of the molecule is CCN(CC)C(CNC(=O)[C@@H]1CNC[C@H]1C)c1ccccc1.Cl. The lowest BCUT2D eigenvalue weighted by molar-refractivity contribution is -0.125. The van der Waals surface area contributed by atoms with E-state index in [1.807, 2.05) is 6.07 Å². The maximum atomic E-state index is 12.4. The Balaban J connectivity index is 0.00000264. The first kappa shape index (κ1) is 19.9. The van der Waals surface area contributed by atoms with Crippen LogP contribution in [-0.2, 0) is 4.79 Å². The maximum Gasteiger partial charge on any atom is 0.224 e. The summed E-state index contributed by atoms with van der Waals surface area (Å²) in [4.78, 5) is 14.8. The second-order valence-corrected chi connectivity index (χ2v) is 6.13. The van der Waals surface area contributed by atoms with E-state index in [2.05, 4.69) is 60.6 Å². The van der Waals surface area contributed by atoms with Crippen molar-refractivity contribution in [2.75, 3.05) is 32.7 Å². The van der Waals surface area contributed by atoms with Gasteiger partial charge in [0, 0.05) is 13.1 Å². The van der Waals surface area contributed by atoms with E-state index in [4.69, 9.17) is 0 Å². The number of likely N-dealkylation sites (N-methyl/N-ethyl adjacent to an activating group) is 1. The average molecular weight is 340 g/mol. The molecule has 0 spiro atoms. The number of nitrogens with one attached hydrogen (secondary N) is 2. The van der Waals surface area contributed by atoms with Crippen LogP contribution in [0, 0.1) is 11.8 Å². The molecule has 23 heavy (non-hydrogen) atoms. The van der Waals surface area contributed by atoms with Gasteiger partial charge in [-0.1, -0.05) is 51.1 Å². The Bertz CT molecular complexity index is 465. The third-order valence-corrected chi connectivity index (χ3v) is 4.76. The van der Waals surface area contributed by atoms with Gasteiger partial charge in [0.15, 0.2) is 0 Å². The molecule has 0 saturated carbocycles. The highest BCUT2D eigenvalue weighted by Gasteiger charge is 2.30. The summed E-state index contributed by atoms with van der Waals surface area (Å²) in [6, 6.07) is 10.7. The zero-order valence-electron chi connectivity index (χ0n) is 14.4. The number of hydrogen-bond acceptors (Lipinski definition) is 3. The molecule has 3 atom stereocenters. The average Bonchev–Trinajstić information content (AvgIpc) is 2.98. The van der Waals surface area contributed by atoms with Crippen molar-refractivity contribution in [3.8, 4) is 0 Å². The molecule has 1 aliphatic heterocycles. The third-order valence-electron chi connectivity index (χ3n) is 4.76. The van der Waals surface area contributed by atoms with Crippen LogP contribution >= 0.6 is 12.4 Å². The smallest absolute Gasteiger partial charge is 0.224 e. The van der Waals surface area contributed by atoms with Crippen LogP contribution in [0.5, 0.6) is 0 Å². The van der Waals surface area contributed by atoms with Gasteiger partial charge in [-0.25, -0.2) is 0 Å². The molecule has 130 valence electrons. The molecular weight excluding hydrogens is 310 g/mol. The second-order valence-electron chi connectivity index (χ2n) is 6.13. The molecule has 0 radical (unpaired) electrons. The lowest BCUT2D eigenvalue weighted by Crippen LogP contribution is -2.41. The molecule has 2 rings (SSSR count). The molecular formula is C18H30ClN3O. The number of halogens is 1. The van der Waals surface area contributed by atoms with Crippen LogP contribution in [0.15, 0.2) is 30.3 Å². The van der Waals surface area contributed by atoms with Crippen LogP contribution < -0.4 is 10.6 Å². The molecule has 0 aliphatic carbocycles. The summed E-state index contributed by atoms with van der Waals surface area (Å²) < 4.78 is 0. The number of hydrogen-bond donors (Lipinski definition) is 2. The molecule has 1 aromatic carbocycles. The van der Waals surface area contributed by atoms with Crippen LogP contribution in [0.25, 0.3) is 0 Å². The highest BCUT2D eigenvalue weighted by atomic mass is 35.5. The zero-order chi connectivity index (χ0) is 15.9. The number of nitrogens with zero attached hydrogens (tertiary/aromatic N) is 1. The fourth-order valence-corrected chi connectivity index (χ4v) is 3.29. The summed E-state index contributed by atoms with van der Waals surface area (Å²) in [6.07, 6.45) is 0. The minimum absolute atomic E-state index is 0. The van der Waals surface area contributed by atoms with Crippen LogP contribution in [0.4, 0.5) is 0 Å². The molecule has 1 aliphatic rings. The van der Waals surface area contributed by atoms with Crippen molar-refractivity contribution in [2.45, 2.75) is 26.8 Å². The van der Waals surface area contributed by atoms with E-state index in [-0.39, 0.29) is 30.3 Å². The van der Waals surface area contributed by atoms with Gasteiger partial charge >= 0.3 is 0 Å². The van der Waals surface area contributed by atoms with E-state index in [9.17, 15) is 4.79 Å². The Morgan fingerprint density at radius 1 is 1.26 bits per heavy atom. The normalized spacial score (nSPS) is 21.7. The number of amides is 1. The number of carbonyl (C=O) groups is 1. The van der Waals surface area contributed by atoms with Crippen LogP contribution in [0.3, 0.4) is 0 Å². The molecule has 1 unspecified atom stereocenters. The van der Waals surface area contributed by atoms with E-state index >= 15 is 0 Å². The predicted octanol–water partition coefficient (Wildman–Crippen LogP) is 2.46. The van der Waals surface area contributed by atoms with Gasteiger partial charge in [-0.2, -0.15) is 0 Å². The van der Waals surface area contributed by atoms with Crippen molar-refractivity contribution in [1.82, 2.24) is 15.5 Å². The molecule has 1 saturated heterocycles. The van der Waals surface area contributed by atoms with Crippen molar-refractivity contribution < 1.29 is 4.79 Å². The lowest BCUT2D eigenvalue weighted by Gasteiger charge is -2.30. The zero-order valence-corrected chi connectivity index (χ0v) is 15.2. The Kier molecular flexibility index (Phi) is 8.59. The van der Waals surface area contributed by atoms with Gasteiger partial charge in [-0.05, 0) is 31.1 Å². The van der Waals surface area contributed by atoms with Gasteiger partial charge in [0.2, 0.25) is 5.91 Å². The largest absolute Gasteiger partial charge is 0.354 e. The third kappa shape index (κ3) is 5.20. The highest BCUT2D eigenvalue weighted by molar-refractivity contribution is 5.85. The summed E-state index contributed by atoms with van der Waals surface area (Å²) in [5, 5.41) is 6.48. The molecule has 1 heterocycles. The van der Waals surface area contributed by atoms with Gasteiger partial charge in [0.05, 0.1) is 12.0 Å². The fraction of sp³-hybridized carbons (Fsp3) is 0.611.